The maximum atomic E-state index is 10.1. The average molecular weight is 178 g/mol. The SMILES string of the molecule is CC(NC(N)=O)([N+](=O)[O-])[N+](=O)[O-]. The molecule has 68 valence electrons. The van der Waals surface area contributed by atoms with Crippen LogP contribution in [-0.4, -0.2) is 21.7 Å². The first kappa shape index (κ1) is 10.1. The number of carbonyl (C=O) groups excluding carboxylic acids is 1. The third-order valence-corrected chi connectivity index (χ3v) is 1.07. The van der Waals surface area contributed by atoms with Crippen molar-refractivity contribution in [2.75, 3.05) is 0 Å². The van der Waals surface area contributed by atoms with Crippen LogP contribution >= 0.6 is 0 Å². The number of hydrogen-bond donors (Lipinski definition) is 2. The van der Waals surface area contributed by atoms with E-state index in [2.05, 4.69) is 5.73 Å². The summed E-state index contributed by atoms with van der Waals surface area (Å²) in [6.07, 6.45) is 0. The number of nitrogens with zero attached hydrogens (tertiary/aromatic N) is 2. The molecule has 0 saturated heterocycles. The summed E-state index contributed by atoms with van der Waals surface area (Å²) >= 11 is 0. The van der Waals surface area contributed by atoms with Crippen molar-refractivity contribution in [3.8, 4) is 0 Å². The first-order chi connectivity index (χ1) is 5.30. The van der Waals surface area contributed by atoms with Crippen LogP contribution < -0.4 is 11.1 Å². The van der Waals surface area contributed by atoms with Crippen LogP contribution in [0.4, 0.5) is 4.79 Å². The molecule has 0 aliphatic carbocycles. The number of nitrogens with one attached hydrogen (secondary N) is 1. The highest BCUT2D eigenvalue weighted by Crippen LogP contribution is 2.04. The van der Waals surface area contributed by atoms with Gasteiger partial charge in [0.1, 0.15) is 16.8 Å². The van der Waals surface area contributed by atoms with Crippen molar-refractivity contribution in [2.45, 2.75) is 12.7 Å². The van der Waals surface area contributed by atoms with Gasteiger partial charge in [0.05, 0.1) is 0 Å². The van der Waals surface area contributed by atoms with Crippen molar-refractivity contribution < 1.29 is 14.6 Å². The molecule has 0 aromatic rings. The molecule has 0 fully saturated rings. The van der Waals surface area contributed by atoms with Crippen molar-refractivity contribution >= 4 is 6.03 Å². The molecule has 0 aromatic carbocycles. The Morgan fingerprint density at radius 3 is 1.83 bits per heavy atom. The lowest BCUT2D eigenvalue weighted by Crippen LogP contribution is -2.59. The van der Waals surface area contributed by atoms with Gasteiger partial charge in [0.25, 0.3) is 0 Å². The summed E-state index contributed by atoms with van der Waals surface area (Å²) in [5.41, 5.74) is 4.50. The molecule has 2 amide bonds. The van der Waals surface area contributed by atoms with Crippen LogP contribution in [0, 0.1) is 20.2 Å². The lowest BCUT2D eigenvalue weighted by atomic mass is 10.4. The topological polar surface area (TPSA) is 141 Å². The van der Waals surface area contributed by atoms with Gasteiger partial charge in [0.15, 0.2) is 0 Å². The third kappa shape index (κ3) is 1.78. The van der Waals surface area contributed by atoms with Gasteiger partial charge in [-0.1, -0.05) is 0 Å². The van der Waals surface area contributed by atoms with Gasteiger partial charge in [0, 0.05) is 0 Å². The zero-order chi connectivity index (χ0) is 9.94. The van der Waals surface area contributed by atoms with Crippen molar-refractivity contribution in [3.63, 3.8) is 0 Å². The normalized spacial score (nSPS) is 10.4. The molecule has 0 bridgehead atoms. The van der Waals surface area contributed by atoms with Crippen molar-refractivity contribution in [1.29, 1.82) is 0 Å². The second-order valence-corrected chi connectivity index (χ2v) is 2.02. The van der Waals surface area contributed by atoms with E-state index in [1.165, 1.54) is 5.32 Å². The molecule has 12 heavy (non-hydrogen) atoms. The number of primary amides is 1. The number of amides is 2. The molecule has 0 spiro atoms. The second kappa shape index (κ2) is 2.98. The van der Waals surface area contributed by atoms with Gasteiger partial charge < -0.3 is 5.73 Å². The summed E-state index contributed by atoms with van der Waals surface area (Å²) in [6, 6.07) is -1.33. The van der Waals surface area contributed by atoms with Crippen LogP contribution in [0.15, 0.2) is 0 Å². The van der Waals surface area contributed by atoms with E-state index >= 15 is 0 Å². The second-order valence-electron chi connectivity index (χ2n) is 2.02. The Morgan fingerprint density at radius 1 is 1.42 bits per heavy atom. The maximum Gasteiger partial charge on any atom is 0.542 e. The van der Waals surface area contributed by atoms with Crippen molar-refractivity contribution in [2.24, 2.45) is 5.73 Å². The van der Waals surface area contributed by atoms with E-state index in [-0.39, 0.29) is 0 Å². The fraction of sp³-hybridized carbons (Fsp3) is 0.667. The Hall–Kier alpha value is -1.93. The predicted octanol–water partition coefficient (Wildman–Crippen LogP) is -1.12. The van der Waals surface area contributed by atoms with Gasteiger partial charge in [-0.15, -0.1) is 0 Å². The Balaban J connectivity index is 4.75. The molecule has 0 heterocycles. The Bertz CT molecular complexity index is 223. The number of urea groups is 1. The quantitative estimate of drug-likeness (QED) is 0.319. The van der Waals surface area contributed by atoms with E-state index in [1.807, 2.05) is 0 Å². The van der Waals surface area contributed by atoms with Gasteiger partial charge in [-0.3, -0.25) is 20.2 Å². The first-order valence-corrected chi connectivity index (χ1v) is 2.67. The third-order valence-electron chi connectivity index (χ3n) is 1.07. The van der Waals surface area contributed by atoms with Crippen LogP contribution in [0.25, 0.3) is 0 Å². The standard InChI is InChI=1S/C3H6N4O5/c1-3(6(9)10,7(11)12)5-2(4)8/h1H3,(H3,4,5,8). The van der Waals surface area contributed by atoms with E-state index in [4.69, 9.17) is 0 Å². The highest BCUT2D eigenvalue weighted by Gasteiger charge is 2.52. The summed E-state index contributed by atoms with van der Waals surface area (Å²) in [4.78, 5) is 27.8. The fourth-order valence-electron chi connectivity index (χ4n) is 0.391. The van der Waals surface area contributed by atoms with E-state index in [9.17, 15) is 25.0 Å². The molecule has 0 atom stereocenters. The fourth-order valence-corrected chi connectivity index (χ4v) is 0.391. The van der Waals surface area contributed by atoms with Crippen LogP contribution in [0.3, 0.4) is 0 Å². The summed E-state index contributed by atoms with van der Waals surface area (Å²) in [6.45, 7) is 0.623. The van der Waals surface area contributed by atoms with Gasteiger partial charge in [0.2, 0.25) is 0 Å². The van der Waals surface area contributed by atoms with E-state index in [1.54, 1.807) is 0 Å². The largest absolute Gasteiger partial charge is 0.542 e. The number of carbonyl (C=O) groups is 1. The summed E-state index contributed by atoms with van der Waals surface area (Å²) < 4.78 is 0. The minimum absolute atomic E-state index is 0.623. The zero-order valence-electron chi connectivity index (χ0n) is 6.01. The van der Waals surface area contributed by atoms with Gasteiger partial charge in [-0.25, -0.2) is 10.1 Å². The van der Waals surface area contributed by atoms with Crippen LogP contribution in [0.2, 0.25) is 0 Å². The molecule has 0 unspecified atom stereocenters. The summed E-state index contributed by atoms with van der Waals surface area (Å²) in [7, 11) is 0. The van der Waals surface area contributed by atoms with Crippen molar-refractivity contribution in [3.05, 3.63) is 20.2 Å². The highest BCUT2D eigenvalue weighted by atomic mass is 16.7. The molecular formula is C3H6N4O5. The predicted molar refractivity (Wildman–Crippen MR) is 35.1 cm³/mol. The highest BCUT2D eigenvalue weighted by molar-refractivity contribution is 5.71. The molecule has 9 heteroatoms. The Kier molecular flexibility index (Phi) is 2.50. The molecule has 3 N–H and O–H groups in total. The molecular weight excluding hydrogens is 172 g/mol. The van der Waals surface area contributed by atoms with Gasteiger partial charge in [-0.05, 0) is 0 Å². The number of nitrogens with two attached hydrogens (primary N) is 1. The Labute approximate surface area is 65.8 Å². The van der Waals surface area contributed by atoms with Gasteiger partial charge >= 0.3 is 11.8 Å². The van der Waals surface area contributed by atoms with Crippen molar-refractivity contribution in [1.82, 2.24) is 5.32 Å². The Morgan fingerprint density at radius 2 is 1.75 bits per heavy atom. The average Bonchev–Trinajstić information content (AvgIpc) is 1.84. The smallest absolute Gasteiger partial charge is 0.351 e. The van der Waals surface area contributed by atoms with Crippen LogP contribution in [0.1, 0.15) is 6.92 Å². The zero-order valence-corrected chi connectivity index (χ0v) is 6.01. The summed E-state index contributed by atoms with van der Waals surface area (Å²) in [5, 5.41) is 21.6. The lowest BCUT2D eigenvalue weighted by molar-refractivity contribution is -0.797. The minimum Gasteiger partial charge on any atom is -0.351 e. The first-order valence-electron chi connectivity index (χ1n) is 2.67. The molecule has 0 saturated carbocycles. The molecule has 0 radical (unpaired) electrons. The van der Waals surface area contributed by atoms with Crippen LogP contribution in [-0.2, 0) is 0 Å². The number of rotatable bonds is 3. The molecule has 9 nitrogen and oxygen atoms in total. The maximum absolute atomic E-state index is 10.1. The number of hydrogen-bond acceptors (Lipinski definition) is 5. The van der Waals surface area contributed by atoms with E-state index < -0.39 is 21.7 Å². The lowest BCUT2D eigenvalue weighted by Gasteiger charge is -2.11. The molecule has 0 aromatic heterocycles. The number of nitro groups is 2. The van der Waals surface area contributed by atoms with Crippen LogP contribution in [0.5, 0.6) is 0 Å². The molecule has 0 rings (SSSR count). The summed E-state index contributed by atoms with van der Waals surface area (Å²) in [5.74, 6) is -2.76. The molecule has 0 aliphatic rings. The molecule has 0 aliphatic heterocycles. The van der Waals surface area contributed by atoms with E-state index in [0.717, 1.165) is 0 Å². The monoisotopic (exact) mass is 178 g/mol. The minimum atomic E-state index is -2.76. The van der Waals surface area contributed by atoms with E-state index in [0.29, 0.717) is 6.92 Å². The van der Waals surface area contributed by atoms with Gasteiger partial charge in [-0.2, -0.15) is 0 Å².